The van der Waals surface area contributed by atoms with Crippen LogP contribution in [0.2, 0.25) is 0 Å². The molecule has 1 aromatic carbocycles. The van der Waals surface area contributed by atoms with Gasteiger partial charge in [0, 0.05) is 32.6 Å². The monoisotopic (exact) mass is 473 g/mol. The second-order valence-electron chi connectivity index (χ2n) is 7.89. The number of carbonyl (C=O) groups excluding carboxylic acids is 2. The van der Waals surface area contributed by atoms with Crippen molar-refractivity contribution in [3.05, 3.63) is 52.4 Å². The van der Waals surface area contributed by atoms with Gasteiger partial charge in [0.2, 0.25) is 5.91 Å². The summed E-state index contributed by atoms with van der Waals surface area (Å²) in [5.41, 5.74) is 2.08. The lowest BCUT2D eigenvalue weighted by molar-refractivity contribution is -0.124. The maximum Gasteiger partial charge on any atom is 0.266 e. The Kier molecular flexibility index (Phi) is 9.92. The van der Waals surface area contributed by atoms with Gasteiger partial charge in [0.15, 0.2) is 0 Å². The highest BCUT2D eigenvalue weighted by molar-refractivity contribution is 8.26. The fourth-order valence-electron chi connectivity index (χ4n) is 3.59. The van der Waals surface area contributed by atoms with Crippen LogP contribution in [0.15, 0.2) is 46.9 Å². The van der Waals surface area contributed by atoms with Crippen LogP contribution in [0.1, 0.15) is 31.7 Å². The van der Waals surface area contributed by atoms with Gasteiger partial charge in [-0.3, -0.25) is 19.4 Å². The number of nitrogens with zero attached hydrogens (tertiary/aromatic N) is 2. The smallest absolute Gasteiger partial charge is 0.266 e. The molecule has 6 nitrogen and oxygen atoms in total. The van der Waals surface area contributed by atoms with Crippen LogP contribution in [-0.4, -0.2) is 71.9 Å². The van der Waals surface area contributed by atoms with Gasteiger partial charge in [-0.05, 0) is 43.5 Å². The van der Waals surface area contributed by atoms with Gasteiger partial charge in [-0.15, -0.1) is 0 Å². The molecule has 8 heteroatoms. The third-order valence-corrected chi connectivity index (χ3v) is 6.67. The van der Waals surface area contributed by atoms with Crippen LogP contribution in [0.3, 0.4) is 0 Å². The van der Waals surface area contributed by atoms with Crippen molar-refractivity contribution in [1.82, 2.24) is 15.1 Å². The van der Waals surface area contributed by atoms with Crippen molar-refractivity contribution in [2.24, 2.45) is 0 Å². The number of carbonyl (C=O) groups is 2. The summed E-state index contributed by atoms with van der Waals surface area (Å²) in [6.45, 7) is 7.61. The van der Waals surface area contributed by atoms with Crippen LogP contribution in [0, 0.1) is 0 Å². The van der Waals surface area contributed by atoms with Crippen molar-refractivity contribution in [3.8, 4) is 0 Å². The third-order valence-electron chi connectivity index (χ3n) is 5.29. The molecule has 0 radical (unpaired) electrons. The van der Waals surface area contributed by atoms with Gasteiger partial charge in [-0.1, -0.05) is 60.4 Å². The molecule has 0 saturated carbocycles. The van der Waals surface area contributed by atoms with E-state index < -0.39 is 0 Å². The molecule has 3 rings (SSSR count). The van der Waals surface area contributed by atoms with Crippen molar-refractivity contribution in [3.63, 3.8) is 0 Å². The van der Waals surface area contributed by atoms with Gasteiger partial charge >= 0.3 is 0 Å². The topological polar surface area (TPSA) is 61.9 Å². The van der Waals surface area contributed by atoms with E-state index in [9.17, 15) is 9.59 Å². The highest BCUT2D eigenvalue weighted by atomic mass is 32.2. The molecule has 2 aliphatic rings. The number of rotatable bonds is 10. The molecular formula is C24H31N3O3S2. The second-order valence-corrected chi connectivity index (χ2v) is 9.57. The molecule has 0 unspecified atom stereocenters. The SMILES string of the molecule is CC(/C=C1\SC(=S)N(CCCC(=O)NCCCN2CCOCC2)C1=O)=C\c1ccccc1. The van der Waals surface area contributed by atoms with Gasteiger partial charge < -0.3 is 10.1 Å². The number of hydrogen-bond acceptors (Lipinski definition) is 6. The molecule has 1 N–H and O–H groups in total. The molecule has 2 heterocycles. The standard InChI is InChI=1S/C24H31N3O3S2/c1-19(17-20-7-3-2-4-8-20)18-21-23(29)27(24(31)32-21)12-5-9-22(28)25-10-6-11-26-13-15-30-16-14-26/h2-4,7-8,17-18H,5-6,9-16H2,1H3,(H,25,28)/b19-17+,21-18-. The first-order chi connectivity index (χ1) is 15.5. The van der Waals surface area contributed by atoms with Crippen LogP contribution in [0.25, 0.3) is 6.08 Å². The Morgan fingerprint density at radius 2 is 1.94 bits per heavy atom. The Morgan fingerprint density at radius 1 is 1.19 bits per heavy atom. The molecule has 0 aliphatic carbocycles. The lowest BCUT2D eigenvalue weighted by Gasteiger charge is -2.26. The van der Waals surface area contributed by atoms with Gasteiger partial charge in [0.05, 0.1) is 18.1 Å². The average Bonchev–Trinajstić information content (AvgIpc) is 3.05. The Morgan fingerprint density at radius 3 is 2.69 bits per heavy atom. The maximum absolute atomic E-state index is 12.7. The molecule has 2 saturated heterocycles. The summed E-state index contributed by atoms with van der Waals surface area (Å²) < 4.78 is 5.89. The van der Waals surface area contributed by atoms with Crippen LogP contribution < -0.4 is 5.32 Å². The number of nitrogens with one attached hydrogen (secondary N) is 1. The summed E-state index contributed by atoms with van der Waals surface area (Å²) in [4.78, 5) is 29.5. The molecule has 1 aromatic rings. The average molecular weight is 474 g/mol. The highest BCUT2D eigenvalue weighted by Gasteiger charge is 2.31. The van der Waals surface area contributed by atoms with E-state index in [0.29, 0.717) is 35.2 Å². The van der Waals surface area contributed by atoms with E-state index in [1.165, 1.54) is 11.8 Å². The summed E-state index contributed by atoms with van der Waals surface area (Å²) in [5, 5.41) is 2.97. The van der Waals surface area contributed by atoms with Crippen LogP contribution in [-0.2, 0) is 14.3 Å². The summed E-state index contributed by atoms with van der Waals surface area (Å²) >= 11 is 6.72. The molecule has 2 amide bonds. The number of thiocarbonyl (C=S) groups is 1. The molecule has 2 fully saturated rings. The van der Waals surface area contributed by atoms with Crippen molar-refractivity contribution in [2.45, 2.75) is 26.2 Å². The Bertz CT molecular complexity index is 865. The van der Waals surface area contributed by atoms with Crippen molar-refractivity contribution >= 4 is 46.2 Å². The number of ether oxygens (including phenoxy) is 1. The van der Waals surface area contributed by atoms with Crippen LogP contribution in [0.4, 0.5) is 0 Å². The summed E-state index contributed by atoms with van der Waals surface area (Å²) in [6.07, 6.45) is 5.83. The van der Waals surface area contributed by atoms with Gasteiger partial charge in [-0.2, -0.15) is 0 Å². The zero-order chi connectivity index (χ0) is 22.8. The van der Waals surface area contributed by atoms with E-state index in [0.717, 1.165) is 50.4 Å². The van der Waals surface area contributed by atoms with E-state index in [1.807, 2.05) is 49.4 Å². The number of allylic oxidation sites excluding steroid dienone is 2. The van der Waals surface area contributed by atoms with Gasteiger partial charge in [-0.25, -0.2) is 0 Å². The molecular weight excluding hydrogens is 442 g/mol. The lowest BCUT2D eigenvalue weighted by atomic mass is 10.1. The third kappa shape index (κ3) is 7.85. The number of amides is 2. The van der Waals surface area contributed by atoms with E-state index in [1.54, 1.807) is 4.90 Å². The second kappa shape index (κ2) is 12.9. The van der Waals surface area contributed by atoms with Crippen molar-refractivity contribution in [2.75, 3.05) is 45.9 Å². The highest BCUT2D eigenvalue weighted by Crippen LogP contribution is 2.32. The number of benzene rings is 1. The molecule has 32 heavy (non-hydrogen) atoms. The Balaban J connectivity index is 1.37. The largest absolute Gasteiger partial charge is 0.379 e. The molecule has 2 aliphatic heterocycles. The fraction of sp³-hybridized carbons (Fsp3) is 0.458. The first-order valence-electron chi connectivity index (χ1n) is 11.1. The zero-order valence-electron chi connectivity index (χ0n) is 18.5. The van der Waals surface area contributed by atoms with Gasteiger partial charge in [0.25, 0.3) is 5.91 Å². The predicted octanol–water partition coefficient (Wildman–Crippen LogP) is 3.45. The Hall–Kier alpha value is -2.00. The molecule has 0 spiro atoms. The van der Waals surface area contributed by atoms with Crippen LogP contribution >= 0.6 is 24.0 Å². The minimum atomic E-state index is -0.0771. The van der Waals surface area contributed by atoms with Gasteiger partial charge in [0.1, 0.15) is 4.32 Å². The minimum Gasteiger partial charge on any atom is -0.379 e. The Labute approximate surface area is 200 Å². The first kappa shape index (κ1) is 24.6. The molecule has 0 aromatic heterocycles. The molecule has 172 valence electrons. The van der Waals surface area contributed by atoms with E-state index >= 15 is 0 Å². The van der Waals surface area contributed by atoms with Crippen molar-refractivity contribution in [1.29, 1.82) is 0 Å². The summed E-state index contributed by atoms with van der Waals surface area (Å²) in [7, 11) is 0. The number of thioether (sulfide) groups is 1. The maximum atomic E-state index is 12.7. The fourth-order valence-corrected chi connectivity index (χ4v) is 4.95. The summed E-state index contributed by atoms with van der Waals surface area (Å²) in [6, 6.07) is 9.99. The minimum absolute atomic E-state index is 0.0228. The van der Waals surface area contributed by atoms with Crippen molar-refractivity contribution < 1.29 is 14.3 Å². The normalized spacial score (nSPS) is 19.1. The number of hydrogen-bond donors (Lipinski definition) is 1. The van der Waals surface area contributed by atoms with E-state index in [-0.39, 0.29) is 11.8 Å². The zero-order valence-corrected chi connectivity index (χ0v) is 20.2. The number of morpholine rings is 1. The van der Waals surface area contributed by atoms with E-state index in [2.05, 4.69) is 10.2 Å². The summed E-state index contributed by atoms with van der Waals surface area (Å²) in [5.74, 6) is -0.0543. The van der Waals surface area contributed by atoms with E-state index in [4.69, 9.17) is 17.0 Å². The quantitative estimate of drug-likeness (QED) is 0.319. The first-order valence-corrected chi connectivity index (χ1v) is 12.3. The lowest BCUT2D eigenvalue weighted by Crippen LogP contribution is -2.38. The predicted molar refractivity (Wildman–Crippen MR) is 134 cm³/mol. The molecule has 0 atom stereocenters. The molecule has 0 bridgehead atoms. The van der Waals surface area contributed by atoms with Crippen LogP contribution in [0.5, 0.6) is 0 Å².